The zero-order chi connectivity index (χ0) is 18.1. The molecule has 26 heavy (non-hydrogen) atoms. The van der Waals surface area contributed by atoms with E-state index in [0.717, 1.165) is 22.9 Å². The van der Waals surface area contributed by atoms with Gasteiger partial charge in [-0.1, -0.05) is 24.3 Å². The number of carbonyl (C=O) groups is 2. The van der Waals surface area contributed by atoms with Crippen LogP contribution in [0.1, 0.15) is 33.8 Å². The summed E-state index contributed by atoms with van der Waals surface area (Å²) in [5.41, 5.74) is 3.39. The molecular weight excluding hydrogens is 328 g/mol. The monoisotopic (exact) mass is 348 g/mol. The number of methoxy groups -OCH3 is 1. The van der Waals surface area contributed by atoms with Crippen LogP contribution in [0.5, 0.6) is 0 Å². The Balaban J connectivity index is 1.65. The summed E-state index contributed by atoms with van der Waals surface area (Å²) >= 11 is 0. The molecule has 1 fully saturated rings. The Hall–Kier alpha value is -3.08. The van der Waals surface area contributed by atoms with Crippen molar-refractivity contribution < 1.29 is 14.3 Å². The van der Waals surface area contributed by atoms with Crippen molar-refractivity contribution in [1.82, 2.24) is 9.88 Å². The van der Waals surface area contributed by atoms with Crippen LogP contribution in [0.3, 0.4) is 0 Å². The molecule has 4 rings (SSSR count). The summed E-state index contributed by atoms with van der Waals surface area (Å²) in [5.74, 6) is 0.158. The summed E-state index contributed by atoms with van der Waals surface area (Å²) in [6, 6.07) is 15.4. The van der Waals surface area contributed by atoms with Crippen molar-refractivity contribution in [2.45, 2.75) is 12.3 Å². The highest BCUT2D eigenvalue weighted by Crippen LogP contribution is 2.31. The molecule has 1 N–H and O–H groups in total. The van der Waals surface area contributed by atoms with Gasteiger partial charge in [0, 0.05) is 47.2 Å². The number of ether oxygens (including phenoxy) is 1. The second kappa shape index (κ2) is 6.67. The number of fused-ring (bicyclic) bond motifs is 1. The number of carbonyl (C=O) groups excluding carboxylic acids is 2. The minimum atomic E-state index is -0.311. The molecule has 1 aliphatic rings. The summed E-state index contributed by atoms with van der Waals surface area (Å²) in [6.07, 6.45) is 2.39. The van der Waals surface area contributed by atoms with Crippen LogP contribution in [-0.4, -0.2) is 42.0 Å². The number of aromatic amines is 1. The lowest BCUT2D eigenvalue weighted by Crippen LogP contribution is -2.28. The molecule has 2 heterocycles. The average molecular weight is 348 g/mol. The minimum absolute atomic E-state index is 0.0141. The lowest BCUT2D eigenvalue weighted by Gasteiger charge is -2.17. The predicted octanol–water partition coefficient (Wildman–Crippen LogP) is 3.95. The lowest BCUT2D eigenvalue weighted by molar-refractivity contribution is 0.103. The Bertz CT molecular complexity index is 976. The number of likely N-dealkylation sites (tertiary alicyclic amines) is 1. The van der Waals surface area contributed by atoms with Gasteiger partial charge < -0.3 is 14.6 Å². The highest BCUT2D eigenvalue weighted by Gasteiger charge is 2.30. The van der Waals surface area contributed by atoms with Crippen LogP contribution >= 0.6 is 0 Å². The molecule has 0 saturated carbocycles. The van der Waals surface area contributed by atoms with E-state index in [1.165, 1.54) is 7.11 Å². The van der Waals surface area contributed by atoms with Gasteiger partial charge in [0.15, 0.2) is 5.78 Å². The van der Waals surface area contributed by atoms with Gasteiger partial charge in [-0.15, -0.1) is 0 Å². The molecule has 1 aromatic heterocycles. The van der Waals surface area contributed by atoms with Crippen LogP contribution < -0.4 is 0 Å². The Labute approximate surface area is 151 Å². The molecule has 2 aromatic carbocycles. The van der Waals surface area contributed by atoms with E-state index < -0.39 is 0 Å². The summed E-state index contributed by atoms with van der Waals surface area (Å²) in [5, 5.41) is 1.02. The molecule has 0 bridgehead atoms. The van der Waals surface area contributed by atoms with Crippen molar-refractivity contribution in [2.75, 3.05) is 20.2 Å². The first kappa shape index (κ1) is 16.4. The summed E-state index contributed by atoms with van der Waals surface area (Å²) in [4.78, 5) is 29.7. The summed E-state index contributed by atoms with van der Waals surface area (Å²) in [6.45, 7) is 1.23. The van der Waals surface area contributed by atoms with Gasteiger partial charge in [0.2, 0.25) is 0 Å². The van der Waals surface area contributed by atoms with Gasteiger partial charge in [0.1, 0.15) is 0 Å². The molecule has 1 saturated heterocycles. The first-order chi connectivity index (χ1) is 12.7. The molecule has 1 unspecified atom stereocenters. The number of H-pyrrole nitrogens is 1. The van der Waals surface area contributed by atoms with Crippen molar-refractivity contribution in [2.24, 2.45) is 0 Å². The van der Waals surface area contributed by atoms with E-state index in [9.17, 15) is 9.59 Å². The van der Waals surface area contributed by atoms with E-state index in [4.69, 9.17) is 4.74 Å². The number of aromatic nitrogens is 1. The number of nitrogens with one attached hydrogen (secondary N) is 1. The SMILES string of the molecule is COC(=O)N1CCC(c2ccccc2C(=O)c2ccc3[nH]ccc3c2)C1. The second-order valence-electron chi connectivity index (χ2n) is 6.60. The van der Waals surface area contributed by atoms with Crippen LogP contribution in [0.25, 0.3) is 10.9 Å². The van der Waals surface area contributed by atoms with Gasteiger partial charge >= 0.3 is 6.09 Å². The molecule has 0 radical (unpaired) electrons. The smallest absolute Gasteiger partial charge is 0.409 e. The van der Waals surface area contributed by atoms with Crippen molar-refractivity contribution in [3.63, 3.8) is 0 Å². The highest BCUT2D eigenvalue weighted by atomic mass is 16.5. The fraction of sp³-hybridized carbons (Fsp3) is 0.238. The minimum Gasteiger partial charge on any atom is -0.453 e. The maximum Gasteiger partial charge on any atom is 0.409 e. The number of benzene rings is 2. The number of rotatable bonds is 3. The van der Waals surface area contributed by atoms with Gasteiger partial charge in [-0.05, 0) is 36.2 Å². The van der Waals surface area contributed by atoms with Crippen molar-refractivity contribution in [3.8, 4) is 0 Å². The fourth-order valence-corrected chi connectivity index (χ4v) is 3.72. The fourth-order valence-electron chi connectivity index (χ4n) is 3.72. The first-order valence-corrected chi connectivity index (χ1v) is 8.71. The standard InChI is InChI=1S/C21H20N2O3/c1-26-21(25)23-11-9-16(13-23)17-4-2-3-5-18(17)20(24)15-6-7-19-14(12-15)8-10-22-19/h2-8,10,12,16,22H,9,11,13H2,1H3. The Morgan fingerprint density at radius 3 is 2.85 bits per heavy atom. The van der Waals surface area contributed by atoms with Crippen LogP contribution in [0.4, 0.5) is 4.79 Å². The van der Waals surface area contributed by atoms with E-state index in [1.807, 2.05) is 54.7 Å². The third-order valence-electron chi connectivity index (χ3n) is 5.08. The molecule has 5 heteroatoms. The molecule has 1 aliphatic heterocycles. The maximum atomic E-state index is 13.1. The molecule has 0 aliphatic carbocycles. The third-order valence-corrected chi connectivity index (χ3v) is 5.08. The van der Waals surface area contributed by atoms with Gasteiger partial charge in [0.05, 0.1) is 7.11 Å². The topological polar surface area (TPSA) is 62.4 Å². The maximum absolute atomic E-state index is 13.1. The number of amides is 1. The zero-order valence-corrected chi connectivity index (χ0v) is 14.6. The largest absolute Gasteiger partial charge is 0.453 e. The van der Waals surface area contributed by atoms with Crippen molar-refractivity contribution in [3.05, 3.63) is 71.4 Å². The van der Waals surface area contributed by atoms with Gasteiger partial charge in [0.25, 0.3) is 0 Å². The molecule has 0 spiro atoms. The van der Waals surface area contributed by atoms with Gasteiger partial charge in [-0.2, -0.15) is 0 Å². The molecule has 1 atom stereocenters. The zero-order valence-electron chi connectivity index (χ0n) is 14.6. The van der Waals surface area contributed by atoms with Gasteiger partial charge in [-0.3, -0.25) is 4.79 Å². The molecule has 3 aromatic rings. The van der Waals surface area contributed by atoms with E-state index in [0.29, 0.717) is 24.2 Å². The van der Waals surface area contributed by atoms with E-state index in [2.05, 4.69) is 4.98 Å². The average Bonchev–Trinajstić information content (AvgIpc) is 3.35. The lowest BCUT2D eigenvalue weighted by atomic mass is 9.89. The first-order valence-electron chi connectivity index (χ1n) is 8.71. The molecular formula is C21H20N2O3. The number of hydrogen-bond donors (Lipinski definition) is 1. The van der Waals surface area contributed by atoms with E-state index in [1.54, 1.807) is 4.90 Å². The Morgan fingerprint density at radius 1 is 1.15 bits per heavy atom. The van der Waals surface area contributed by atoms with Crippen molar-refractivity contribution in [1.29, 1.82) is 0 Å². The summed E-state index contributed by atoms with van der Waals surface area (Å²) in [7, 11) is 1.39. The number of ketones is 1. The number of hydrogen-bond acceptors (Lipinski definition) is 3. The van der Waals surface area contributed by atoms with Crippen LogP contribution in [0.2, 0.25) is 0 Å². The van der Waals surface area contributed by atoms with Crippen molar-refractivity contribution >= 4 is 22.8 Å². The second-order valence-corrected chi connectivity index (χ2v) is 6.60. The normalized spacial score (nSPS) is 16.8. The van der Waals surface area contributed by atoms with Crippen LogP contribution in [0, 0.1) is 0 Å². The third kappa shape index (κ3) is 2.86. The highest BCUT2D eigenvalue weighted by molar-refractivity contribution is 6.11. The van der Waals surface area contributed by atoms with E-state index >= 15 is 0 Å². The molecule has 132 valence electrons. The quantitative estimate of drug-likeness (QED) is 0.729. The Morgan fingerprint density at radius 2 is 2.00 bits per heavy atom. The molecule has 5 nitrogen and oxygen atoms in total. The molecule has 1 amide bonds. The predicted molar refractivity (Wildman–Crippen MR) is 99.5 cm³/mol. The summed E-state index contributed by atoms with van der Waals surface area (Å²) < 4.78 is 4.82. The van der Waals surface area contributed by atoms with Crippen LogP contribution in [0.15, 0.2) is 54.7 Å². The Kier molecular flexibility index (Phi) is 4.21. The number of nitrogens with zero attached hydrogens (tertiary/aromatic N) is 1. The van der Waals surface area contributed by atoms with E-state index in [-0.39, 0.29) is 17.8 Å². The van der Waals surface area contributed by atoms with Crippen LogP contribution in [-0.2, 0) is 4.74 Å². The van der Waals surface area contributed by atoms with Gasteiger partial charge in [-0.25, -0.2) is 4.79 Å².